The van der Waals surface area contributed by atoms with Crippen LogP contribution < -0.4 is 11.5 Å². The number of nitrogen functional groups attached to an aromatic ring is 2. The lowest BCUT2D eigenvalue weighted by Gasteiger charge is -2.27. The van der Waals surface area contributed by atoms with Crippen molar-refractivity contribution in [2.45, 2.75) is 79.1 Å². The standard InChI is InChI=1S/C50H52N2/c1-29(2)33-13-21-37(22-14-33)43-44(38-23-15-34(16-24-38)30(3)4)46(40-27-19-36(20-28-40)32(7)8)48-47(45(43)39-25-17-35(18-26-39)31(5)6)49(51)41-11-9-10-12-42(41)50(48)52/h9-32H,51-52H2,1-8H3. The van der Waals surface area contributed by atoms with Crippen molar-refractivity contribution < 1.29 is 0 Å². The zero-order valence-electron chi connectivity index (χ0n) is 32.0. The molecule has 262 valence electrons. The minimum Gasteiger partial charge on any atom is -0.398 e. The maximum absolute atomic E-state index is 7.45. The molecule has 0 heterocycles. The molecule has 7 rings (SSSR count). The lowest BCUT2D eigenvalue weighted by molar-refractivity contribution is 0.866. The van der Waals surface area contributed by atoms with Crippen LogP contribution in [0.1, 0.15) is 101 Å². The van der Waals surface area contributed by atoms with Gasteiger partial charge in [0, 0.05) is 44.0 Å². The quantitative estimate of drug-likeness (QED) is 0.0953. The van der Waals surface area contributed by atoms with Crippen molar-refractivity contribution >= 4 is 32.9 Å². The molecule has 0 spiro atoms. The SMILES string of the molecule is CC(C)c1ccc(-c2c(-c3ccc(C(C)C)cc3)c(-c3ccc(C(C)C)cc3)c3c(N)c4ccccc4c(N)c3c2-c2ccc(C(C)C)cc2)cc1. The van der Waals surface area contributed by atoms with E-state index in [1.807, 2.05) is 0 Å². The van der Waals surface area contributed by atoms with E-state index >= 15 is 0 Å². The molecule has 0 aliphatic heterocycles. The van der Waals surface area contributed by atoms with Crippen molar-refractivity contribution in [1.29, 1.82) is 0 Å². The molecular weight excluding hydrogens is 629 g/mol. The number of anilines is 2. The summed E-state index contributed by atoms with van der Waals surface area (Å²) < 4.78 is 0. The number of nitrogens with two attached hydrogens (primary N) is 2. The normalized spacial score (nSPS) is 11.9. The highest BCUT2D eigenvalue weighted by Gasteiger charge is 2.28. The minimum atomic E-state index is 0.421. The molecule has 0 radical (unpaired) electrons. The van der Waals surface area contributed by atoms with Gasteiger partial charge < -0.3 is 11.5 Å². The fourth-order valence-corrected chi connectivity index (χ4v) is 7.80. The van der Waals surface area contributed by atoms with Gasteiger partial charge in [0.1, 0.15) is 0 Å². The van der Waals surface area contributed by atoms with Gasteiger partial charge in [-0.25, -0.2) is 0 Å². The van der Waals surface area contributed by atoms with Crippen LogP contribution in [-0.2, 0) is 0 Å². The van der Waals surface area contributed by atoms with E-state index in [0.29, 0.717) is 23.7 Å². The van der Waals surface area contributed by atoms with Crippen molar-refractivity contribution in [2.75, 3.05) is 11.5 Å². The maximum Gasteiger partial charge on any atom is 0.0481 e. The Morgan fingerprint density at radius 2 is 0.538 bits per heavy atom. The third-order valence-corrected chi connectivity index (χ3v) is 11.0. The number of fused-ring (bicyclic) bond motifs is 2. The number of benzene rings is 7. The fourth-order valence-electron chi connectivity index (χ4n) is 7.80. The summed E-state index contributed by atoms with van der Waals surface area (Å²) in [5.74, 6) is 1.69. The summed E-state index contributed by atoms with van der Waals surface area (Å²) in [5.41, 5.74) is 30.8. The van der Waals surface area contributed by atoms with Gasteiger partial charge >= 0.3 is 0 Å². The predicted octanol–water partition coefficient (Wildman–Crippen LogP) is 14.3. The summed E-state index contributed by atoms with van der Waals surface area (Å²) in [5, 5.41) is 3.96. The number of rotatable bonds is 8. The Bertz CT molecular complexity index is 2200. The highest BCUT2D eigenvalue weighted by molar-refractivity contribution is 6.30. The Balaban J connectivity index is 1.77. The first-order chi connectivity index (χ1) is 25.0. The van der Waals surface area contributed by atoms with Crippen molar-refractivity contribution in [3.8, 4) is 44.5 Å². The monoisotopic (exact) mass is 680 g/mol. The summed E-state index contributed by atoms with van der Waals surface area (Å²) in [6.07, 6.45) is 0. The second kappa shape index (κ2) is 14.0. The highest BCUT2D eigenvalue weighted by Crippen LogP contribution is 2.55. The van der Waals surface area contributed by atoms with Crippen LogP contribution in [0, 0.1) is 0 Å². The fraction of sp³-hybridized carbons (Fsp3) is 0.240. The largest absolute Gasteiger partial charge is 0.398 e. The molecule has 0 aromatic heterocycles. The molecule has 0 saturated heterocycles. The molecule has 0 saturated carbocycles. The van der Waals surface area contributed by atoms with E-state index in [4.69, 9.17) is 11.5 Å². The van der Waals surface area contributed by atoms with Crippen molar-refractivity contribution in [3.63, 3.8) is 0 Å². The molecule has 7 aromatic rings. The predicted molar refractivity (Wildman–Crippen MR) is 228 cm³/mol. The molecule has 0 bridgehead atoms. The molecule has 0 unspecified atom stereocenters. The zero-order chi connectivity index (χ0) is 36.8. The van der Waals surface area contributed by atoms with Crippen LogP contribution in [0.4, 0.5) is 11.4 Å². The van der Waals surface area contributed by atoms with E-state index in [2.05, 4.69) is 177 Å². The van der Waals surface area contributed by atoms with Gasteiger partial charge in [0.2, 0.25) is 0 Å². The smallest absolute Gasteiger partial charge is 0.0481 e. The number of hydrogen-bond donors (Lipinski definition) is 2. The summed E-state index contributed by atoms with van der Waals surface area (Å²) in [6.45, 7) is 18.0. The van der Waals surface area contributed by atoms with Gasteiger partial charge in [-0.15, -0.1) is 0 Å². The van der Waals surface area contributed by atoms with Gasteiger partial charge in [-0.3, -0.25) is 0 Å². The van der Waals surface area contributed by atoms with Gasteiger partial charge in [0.25, 0.3) is 0 Å². The molecule has 2 heteroatoms. The Labute approximate surface area is 310 Å². The lowest BCUT2D eigenvalue weighted by Crippen LogP contribution is -2.04. The summed E-state index contributed by atoms with van der Waals surface area (Å²) >= 11 is 0. The summed E-state index contributed by atoms with van der Waals surface area (Å²) in [6, 6.07) is 44.9. The van der Waals surface area contributed by atoms with E-state index in [-0.39, 0.29) is 0 Å². The van der Waals surface area contributed by atoms with Gasteiger partial charge in [0.05, 0.1) is 0 Å². The van der Waals surface area contributed by atoms with Crippen molar-refractivity contribution in [1.82, 2.24) is 0 Å². The molecule has 0 atom stereocenters. The maximum atomic E-state index is 7.45. The van der Waals surface area contributed by atoms with E-state index in [0.717, 1.165) is 66.3 Å². The van der Waals surface area contributed by atoms with Crippen LogP contribution in [0.25, 0.3) is 66.1 Å². The molecule has 0 aliphatic rings. The lowest BCUT2D eigenvalue weighted by atomic mass is 9.76. The Morgan fingerprint density at radius 1 is 0.308 bits per heavy atom. The summed E-state index contributed by atoms with van der Waals surface area (Å²) in [4.78, 5) is 0. The third-order valence-electron chi connectivity index (χ3n) is 11.0. The molecular formula is C50H52N2. The van der Waals surface area contributed by atoms with E-state index in [9.17, 15) is 0 Å². The van der Waals surface area contributed by atoms with Crippen LogP contribution >= 0.6 is 0 Å². The van der Waals surface area contributed by atoms with Gasteiger partial charge in [-0.05, 0) is 79.3 Å². The van der Waals surface area contributed by atoms with Crippen LogP contribution in [0.2, 0.25) is 0 Å². The third kappa shape index (κ3) is 6.15. The number of hydrogen-bond acceptors (Lipinski definition) is 2. The van der Waals surface area contributed by atoms with Crippen molar-refractivity contribution in [2.24, 2.45) is 0 Å². The van der Waals surface area contributed by atoms with Crippen LogP contribution in [0.5, 0.6) is 0 Å². The first kappa shape index (κ1) is 35.1. The van der Waals surface area contributed by atoms with Crippen LogP contribution in [-0.4, -0.2) is 0 Å². The Morgan fingerprint density at radius 3 is 0.769 bits per heavy atom. The highest BCUT2D eigenvalue weighted by atomic mass is 14.6. The first-order valence-electron chi connectivity index (χ1n) is 19.0. The van der Waals surface area contributed by atoms with E-state index < -0.39 is 0 Å². The van der Waals surface area contributed by atoms with Gasteiger partial charge in [0.15, 0.2) is 0 Å². The molecule has 2 nitrogen and oxygen atoms in total. The molecule has 4 N–H and O–H groups in total. The second-order valence-corrected chi connectivity index (χ2v) is 15.7. The molecule has 0 fully saturated rings. The second-order valence-electron chi connectivity index (χ2n) is 15.7. The topological polar surface area (TPSA) is 52.0 Å². The van der Waals surface area contributed by atoms with Gasteiger partial charge in [-0.1, -0.05) is 177 Å². The molecule has 0 aliphatic carbocycles. The Hall–Kier alpha value is -5.34. The average Bonchev–Trinajstić information content (AvgIpc) is 3.16. The Kier molecular flexibility index (Phi) is 9.44. The van der Waals surface area contributed by atoms with E-state index in [1.165, 1.54) is 33.4 Å². The summed E-state index contributed by atoms with van der Waals surface area (Å²) in [7, 11) is 0. The molecule has 0 amide bonds. The zero-order valence-corrected chi connectivity index (χ0v) is 32.0. The van der Waals surface area contributed by atoms with E-state index in [1.54, 1.807) is 0 Å². The molecule has 7 aromatic carbocycles. The van der Waals surface area contributed by atoms with Crippen molar-refractivity contribution in [3.05, 3.63) is 144 Å². The average molecular weight is 681 g/mol. The van der Waals surface area contributed by atoms with Crippen LogP contribution in [0.3, 0.4) is 0 Å². The molecule has 52 heavy (non-hydrogen) atoms. The minimum absolute atomic E-state index is 0.421. The van der Waals surface area contributed by atoms with Crippen LogP contribution in [0.15, 0.2) is 121 Å². The van der Waals surface area contributed by atoms with Gasteiger partial charge in [-0.2, -0.15) is 0 Å². The first-order valence-corrected chi connectivity index (χ1v) is 19.0.